The normalized spacial score (nSPS) is 12.9. The van der Waals surface area contributed by atoms with Gasteiger partial charge in [-0.25, -0.2) is 0 Å². The molecule has 1 aromatic heterocycles. The highest BCUT2D eigenvalue weighted by atomic mass is 32.1. The van der Waals surface area contributed by atoms with Crippen molar-refractivity contribution >= 4 is 34.7 Å². The van der Waals surface area contributed by atoms with Gasteiger partial charge in [0.05, 0.1) is 6.54 Å². The standard InChI is InChI=1S/C20H21N3O3S/c1-3-18(24)21-11-19(25)22-16-6-4-5-15(13(16)2)20(26)23-9-7-17-14(12-23)8-10-27-17/h3-6,8,10H,1,7,9,11-12H2,2H3,(H,21,24)(H,22,25). The van der Waals surface area contributed by atoms with Gasteiger partial charge in [-0.05, 0) is 54.1 Å². The summed E-state index contributed by atoms with van der Waals surface area (Å²) < 4.78 is 0. The third-order valence-electron chi connectivity index (χ3n) is 4.54. The summed E-state index contributed by atoms with van der Waals surface area (Å²) in [4.78, 5) is 39.4. The highest BCUT2D eigenvalue weighted by Gasteiger charge is 2.24. The molecule has 3 amide bonds. The predicted molar refractivity (Wildman–Crippen MR) is 106 cm³/mol. The van der Waals surface area contributed by atoms with Crippen LogP contribution in [0.2, 0.25) is 0 Å². The van der Waals surface area contributed by atoms with Crippen LogP contribution in [0.15, 0.2) is 42.3 Å². The average molecular weight is 383 g/mol. The molecule has 0 radical (unpaired) electrons. The molecule has 0 saturated carbocycles. The van der Waals surface area contributed by atoms with E-state index in [-0.39, 0.29) is 18.4 Å². The first-order chi connectivity index (χ1) is 13.0. The summed E-state index contributed by atoms with van der Waals surface area (Å²) in [5.41, 5.74) is 3.05. The van der Waals surface area contributed by atoms with Gasteiger partial charge < -0.3 is 15.5 Å². The Hall–Kier alpha value is -2.93. The maximum Gasteiger partial charge on any atom is 0.254 e. The number of amides is 3. The average Bonchev–Trinajstić information content (AvgIpc) is 3.15. The molecule has 0 spiro atoms. The number of fused-ring (bicyclic) bond motifs is 1. The summed E-state index contributed by atoms with van der Waals surface area (Å²) >= 11 is 1.73. The molecule has 0 unspecified atom stereocenters. The Labute approximate surface area is 161 Å². The molecule has 1 aromatic carbocycles. The van der Waals surface area contributed by atoms with Gasteiger partial charge in [0.25, 0.3) is 5.91 Å². The zero-order chi connectivity index (χ0) is 19.4. The van der Waals surface area contributed by atoms with E-state index >= 15 is 0 Å². The first-order valence-corrected chi connectivity index (χ1v) is 9.52. The number of nitrogens with zero attached hydrogens (tertiary/aromatic N) is 1. The van der Waals surface area contributed by atoms with E-state index in [9.17, 15) is 14.4 Å². The smallest absolute Gasteiger partial charge is 0.254 e. The third kappa shape index (κ3) is 4.25. The number of nitrogens with one attached hydrogen (secondary N) is 2. The summed E-state index contributed by atoms with van der Waals surface area (Å²) in [6.45, 7) is 6.29. The zero-order valence-corrected chi connectivity index (χ0v) is 15.9. The summed E-state index contributed by atoms with van der Waals surface area (Å²) in [5.74, 6) is -0.817. The zero-order valence-electron chi connectivity index (χ0n) is 15.1. The monoisotopic (exact) mass is 383 g/mol. The topological polar surface area (TPSA) is 78.5 Å². The number of hydrogen-bond donors (Lipinski definition) is 2. The van der Waals surface area contributed by atoms with Crippen LogP contribution in [0.3, 0.4) is 0 Å². The van der Waals surface area contributed by atoms with Crippen LogP contribution >= 0.6 is 11.3 Å². The minimum Gasteiger partial charge on any atom is -0.343 e. The maximum atomic E-state index is 13.0. The number of benzene rings is 1. The number of anilines is 1. The molecule has 140 valence electrons. The van der Waals surface area contributed by atoms with Crippen LogP contribution in [0.25, 0.3) is 0 Å². The summed E-state index contributed by atoms with van der Waals surface area (Å²) in [6.07, 6.45) is 1.98. The summed E-state index contributed by atoms with van der Waals surface area (Å²) in [5, 5.41) is 7.23. The number of carbonyl (C=O) groups is 3. The number of thiophene rings is 1. The molecule has 1 aliphatic heterocycles. The van der Waals surface area contributed by atoms with Crippen LogP contribution in [0.5, 0.6) is 0 Å². The minimum atomic E-state index is -0.413. The lowest BCUT2D eigenvalue weighted by atomic mass is 10.0. The minimum absolute atomic E-state index is 0.0413. The van der Waals surface area contributed by atoms with E-state index in [1.54, 1.807) is 29.5 Å². The number of hydrogen-bond acceptors (Lipinski definition) is 4. The van der Waals surface area contributed by atoms with Gasteiger partial charge in [-0.1, -0.05) is 12.6 Å². The van der Waals surface area contributed by atoms with Crippen molar-refractivity contribution in [1.82, 2.24) is 10.2 Å². The second kappa shape index (κ2) is 8.18. The molecular weight excluding hydrogens is 362 g/mol. The lowest BCUT2D eigenvalue weighted by molar-refractivity contribution is -0.121. The third-order valence-corrected chi connectivity index (χ3v) is 5.56. The molecule has 0 saturated heterocycles. The van der Waals surface area contributed by atoms with Crippen LogP contribution in [-0.2, 0) is 22.6 Å². The largest absolute Gasteiger partial charge is 0.343 e. The number of rotatable bonds is 5. The summed E-state index contributed by atoms with van der Waals surface area (Å²) in [6, 6.07) is 7.33. The molecule has 1 aliphatic rings. The van der Waals surface area contributed by atoms with Crippen molar-refractivity contribution in [3.63, 3.8) is 0 Å². The lowest BCUT2D eigenvalue weighted by Crippen LogP contribution is -2.36. The number of carbonyl (C=O) groups excluding carboxylic acids is 3. The van der Waals surface area contributed by atoms with E-state index in [1.807, 2.05) is 11.8 Å². The molecule has 0 fully saturated rings. The SMILES string of the molecule is C=CC(=O)NCC(=O)Nc1cccc(C(=O)N2CCc3sccc3C2)c1C. The Balaban J connectivity index is 1.71. The molecule has 2 heterocycles. The van der Waals surface area contributed by atoms with Crippen molar-refractivity contribution in [2.75, 3.05) is 18.4 Å². The van der Waals surface area contributed by atoms with E-state index < -0.39 is 5.91 Å². The fourth-order valence-corrected chi connectivity index (χ4v) is 3.92. The Morgan fingerprint density at radius 2 is 2.11 bits per heavy atom. The molecular formula is C20H21N3O3S. The second-order valence-electron chi connectivity index (χ2n) is 6.29. The first kappa shape index (κ1) is 18.8. The molecule has 3 rings (SSSR count). The highest BCUT2D eigenvalue weighted by molar-refractivity contribution is 7.10. The predicted octanol–water partition coefficient (Wildman–Crippen LogP) is 2.50. The fourth-order valence-electron chi connectivity index (χ4n) is 3.03. The quantitative estimate of drug-likeness (QED) is 0.779. The van der Waals surface area contributed by atoms with Gasteiger partial charge in [0.2, 0.25) is 11.8 Å². The van der Waals surface area contributed by atoms with Gasteiger partial charge >= 0.3 is 0 Å². The van der Waals surface area contributed by atoms with Gasteiger partial charge in [-0.15, -0.1) is 11.3 Å². The first-order valence-electron chi connectivity index (χ1n) is 8.64. The molecule has 2 N–H and O–H groups in total. The van der Waals surface area contributed by atoms with E-state index in [2.05, 4.69) is 28.7 Å². The van der Waals surface area contributed by atoms with Gasteiger partial charge in [-0.2, -0.15) is 0 Å². The second-order valence-corrected chi connectivity index (χ2v) is 7.29. The molecule has 2 aromatic rings. The van der Waals surface area contributed by atoms with Crippen molar-refractivity contribution in [3.8, 4) is 0 Å². The van der Waals surface area contributed by atoms with Crippen LogP contribution < -0.4 is 10.6 Å². The van der Waals surface area contributed by atoms with Crippen LogP contribution in [-0.4, -0.2) is 35.7 Å². The van der Waals surface area contributed by atoms with Crippen molar-refractivity contribution < 1.29 is 14.4 Å². The van der Waals surface area contributed by atoms with E-state index in [0.717, 1.165) is 12.5 Å². The van der Waals surface area contributed by atoms with Gasteiger partial charge in [-0.3, -0.25) is 14.4 Å². The molecule has 0 atom stereocenters. The van der Waals surface area contributed by atoms with Gasteiger partial charge in [0.1, 0.15) is 0 Å². The Morgan fingerprint density at radius 3 is 2.89 bits per heavy atom. The van der Waals surface area contributed by atoms with Crippen LogP contribution in [0.1, 0.15) is 26.4 Å². The van der Waals surface area contributed by atoms with Crippen molar-refractivity contribution in [2.45, 2.75) is 19.9 Å². The van der Waals surface area contributed by atoms with Gasteiger partial charge in [0, 0.05) is 29.2 Å². The molecule has 27 heavy (non-hydrogen) atoms. The highest BCUT2D eigenvalue weighted by Crippen LogP contribution is 2.27. The fraction of sp³-hybridized carbons (Fsp3) is 0.250. The van der Waals surface area contributed by atoms with Crippen molar-refractivity contribution in [3.05, 3.63) is 63.9 Å². The molecule has 0 aliphatic carbocycles. The Bertz CT molecular complexity index is 904. The van der Waals surface area contributed by atoms with Gasteiger partial charge in [0.15, 0.2) is 0 Å². The Morgan fingerprint density at radius 1 is 1.30 bits per heavy atom. The van der Waals surface area contributed by atoms with E-state index in [0.29, 0.717) is 29.9 Å². The Kier molecular flexibility index (Phi) is 5.71. The summed E-state index contributed by atoms with van der Waals surface area (Å²) in [7, 11) is 0. The molecule has 0 bridgehead atoms. The maximum absolute atomic E-state index is 13.0. The molecule has 6 nitrogen and oxygen atoms in total. The lowest BCUT2D eigenvalue weighted by Gasteiger charge is -2.28. The molecule has 7 heteroatoms. The van der Waals surface area contributed by atoms with Crippen molar-refractivity contribution in [1.29, 1.82) is 0 Å². The van der Waals surface area contributed by atoms with E-state index in [4.69, 9.17) is 0 Å². The van der Waals surface area contributed by atoms with Crippen LogP contribution in [0.4, 0.5) is 5.69 Å². The van der Waals surface area contributed by atoms with E-state index in [1.165, 1.54) is 10.4 Å². The van der Waals surface area contributed by atoms with Crippen LogP contribution in [0, 0.1) is 6.92 Å². The van der Waals surface area contributed by atoms with Crippen molar-refractivity contribution in [2.24, 2.45) is 0 Å².